The first-order valence-corrected chi connectivity index (χ1v) is 7.31. The minimum Gasteiger partial charge on any atom is -0.220 e. The second-order valence-electron chi connectivity index (χ2n) is 3.62. The Kier molecular flexibility index (Phi) is 8.38. The Balaban J connectivity index is 3.96. The van der Waals surface area contributed by atoms with Gasteiger partial charge in [-0.1, -0.05) is 51.7 Å². The molecule has 0 amide bonds. The Morgan fingerprint density at radius 2 is 1.27 bits per heavy atom. The molecule has 0 fully saturated rings. The zero-order valence-electron chi connectivity index (χ0n) is 9.78. The van der Waals surface area contributed by atoms with E-state index in [4.69, 9.17) is 0 Å². The van der Waals surface area contributed by atoms with Gasteiger partial charge in [-0.2, -0.15) is 0 Å². The van der Waals surface area contributed by atoms with Crippen molar-refractivity contribution in [3.8, 4) is 0 Å². The van der Waals surface area contributed by atoms with Gasteiger partial charge in [0, 0.05) is 10.8 Å². The van der Waals surface area contributed by atoms with E-state index in [0.29, 0.717) is 0 Å². The molecule has 0 rings (SSSR count). The van der Waals surface area contributed by atoms with Crippen LogP contribution in [-0.4, -0.2) is 8.42 Å². The van der Waals surface area contributed by atoms with Gasteiger partial charge in [-0.15, -0.1) is 0 Å². The molecule has 88 valence electrons. The molecule has 0 aliphatic heterocycles. The summed E-state index contributed by atoms with van der Waals surface area (Å²) in [5.74, 6) is 0. The van der Waals surface area contributed by atoms with Crippen molar-refractivity contribution in [3.63, 3.8) is 0 Å². The van der Waals surface area contributed by atoms with Crippen LogP contribution < -0.4 is 0 Å². The largest absolute Gasteiger partial charge is 0.220 e. The highest BCUT2D eigenvalue weighted by atomic mass is 32.2. The van der Waals surface area contributed by atoms with E-state index < -0.39 is 9.84 Å². The molecule has 3 heteroatoms. The first kappa shape index (κ1) is 14.4. The standard InChI is InChI=1S/C12H22O2S/c1-3-5-7-9-11-15(13,14)12-10-8-6-4-2/h9-12H,3-8H2,1-2H3. The van der Waals surface area contributed by atoms with Crippen LogP contribution in [0.25, 0.3) is 0 Å². The average molecular weight is 230 g/mol. The fourth-order valence-corrected chi connectivity index (χ4v) is 1.99. The lowest BCUT2D eigenvalue weighted by molar-refractivity contribution is 0.612. The van der Waals surface area contributed by atoms with E-state index in [1.165, 1.54) is 10.8 Å². The third-order valence-corrected chi connectivity index (χ3v) is 3.16. The molecule has 0 radical (unpaired) electrons. The van der Waals surface area contributed by atoms with Crippen molar-refractivity contribution >= 4 is 9.84 Å². The fraction of sp³-hybridized carbons (Fsp3) is 0.667. The summed E-state index contributed by atoms with van der Waals surface area (Å²) in [5.41, 5.74) is 0. The molecular weight excluding hydrogens is 208 g/mol. The van der Waals surface area contributed by atoms with Crippen molar-refractivity contribution in [1.29, 1.82) is 0 Å². The Morgan fingerprint density at radius 3 is 1.60 bits per heavy atom. The van der Waals surface area contributed by atoms with Gasteiger partial charge in [0.2, 0.25) is 0 Å². The van der Waals surface area contributed by atoms with Crippen LogP contribution in [-0.2, 0) is 9.84 Å². The summed E-state index contributed by atoms with van der Waals surface area (Å²) < 4.78 is 22.8. The van der Waals surface area contributed by atoms with Gasteiger partial charge < -0.3 is 0 Å². The van der Waals surface area contributed by atoms with Gasteiger partial charge in [0.05, 0.1) is 0 Å². The second-order valence-corrected chi connectivity index (χ2v) is 5.34. The maximum absolute atomic E-state index is 11.4. The number of unbranched alkanes of at least 4 members (excludes halogenated alkanes) is 4. The third kappa shape index (κ3) is 9.73. The first-order chi connectivity index (χ1) is 7.12. The van der Waals surface area contributed by atoms with Crippen LogP contribution in [0.5, 0.6) is 0 Å². The number of sulfone groups is 1. The molecule has 0 heterocycles. The number of allylic oxidation sites excluding steroid dienone is 2. The SMILES string of the molecule is CCCCC=CS(=O)(=O)C=CCCCC. The number of hydrogen-bond donors (Lipinski definition) is 0. The molecule has 0 unspecified atom stereocenters. The molecule has 0 atom stereocenters. The Morgan fingerprint density at radius 1 is 0.867 bits per heavy atom. The van der Waals surface area contributed by atoms with Gasteiger partial charge in [-0.05, 0) is 12.8 Å². The first-order valence-electron chi connectivity index (χ1n) is 5.70. The molecule has 0 saturated heterocycles. The normalized spacial score (nSPS) is 12.9. The van der Waals surface area contributed by atoms with Crippen LogP contribution in [0.4, 0.5) is 0 Å². The highest BCUT2D eigenvalue weighted by Crippen LogP contribution is 2.02. The third-order valence-electron chi connectivity index (χ3n) is 2.02. The van der Waals surface area contributed by atoms with Crippen LogP contribution in [0, 0.1) is 0 Å². The average Bonchev–Trinajstić information content (AvgIpc) is 2.20. The van der Waals surface area contributed by atoms with Crippen LogP contribution in [0.15, 0.2) is 23.0 Å². The van der Waals surface area contributed by atoms with Crippen molar-refractivity contribution in [2.24, 2.45) is 0 Å². The summed E-state index contributed by atoms with van der Waals surface area (Å²) in [4.78, 5) is 0. The zero-order valence-corrected chi connectivity index (χ0v) is 10.6. The molecule has 0 aromatic rings. The quantitative estimate of drug-likeness (QED) is 0.594. The highest BCUT2D eigenvalue weighted by molar-refractivity contribution is 7.97. The van der Waals surface area contributed by atoms with E-state index in [1.807, 2.05) is 0 Å². The zero-order chi connectivity index (χ0) is 11.6. The van der Waals surface area contributed by atoms with Crippen molar-refractivity contribution < 1.29 is 8.42 Å². The van der Waals surface area contributed by atoms with Crippen molar-refractivity contribution in [3.05, 3.63) is 23.0 Å². The minimum absolute atomic E-state index is 0.846. The molecular formula is C12H22O2S. The lowest BCUT2D eigenvalue weighted by Crippen LogP contribution is -1.87. The van der Waals surface area contributed by atoms with Crippen LogP contribution in [0.1, 0.15) is 52.4 Å². The molecule has 0 bridgehead atoms. The van der Waals surface area contributed by atoms with Gasteiger partial charge in [0.25, 0.3) is 0 Å². The van der Waals surface area contributed by atoms with Gasteiger partial charge in [0.1, 0.15) is 0 Å². The maximum Gasteiger partial charge on any atom is 0.192 e. The summed E-state index contributed by atoms with van der Waals surface area (Å²) in [6.45, 7) is 4.18. The molecule has 0 saturated carbocycles. The van der Waals surface area contributed by atoms with E-state index in [-0.39, 0.29) is 0 Å². The lowest BCUT2D eigenvalue weighted by Gasteiger charge is -1.91. The smallest absolute Gasteiger partial charge is 0.192 e. The molecule has 0 spiro atoms. The summed E-state index contributed by atoms with van der Waals surface area (Å²) in [5, 5.41) is 2.62. The van der Waals surface area contributed by atoms with Gasteiger partial charge in [-0.3, -0.25) is 0 Å². The van der Waals surface area contributed by atoms with E-state index in [2.05, 4.69) is 13.8 Å². The van der Waals surface area contributed by atoms with E-state index >= 15 is 0 Å². The Bertz CT molecular complexity index is 263. The van der Waals surface area contributed by atoms with Crippen molar-refractivity contribution in [1.82, 2.24) is 0 Å². The predicted octanol–water partition coefficient (Wildman–Crippen LogP) is 3.81. The van der Waals surface area contributed by atoms with Crippen molar-refractivity contribution in [2.45, 2.75) is 52.4 Å². The summed E-state index contributed by atoms with van der Waals surface area (Å²) in [6.07, 6.45) is 9.45. The van der Waals surface area contributed by atoms with Gasteiger partial charge in [0.15, 0.2) is 9.84 Å². The molecule has 15 heavy (non-hydrogen) atoms. The summed E-state index contributed by atoms with van der Waals surface area (Å²) in [7, 11) is -3.10. The van der Waals surface area contributed by atoms with Gasteiger partial charge in [-0.25, -0.2) is 8.42 Å². The fourth-order valence-electron chi connectivity index (χ4n) is 1.09. The lowest BCUT2D eigenvalue weighted by atomic mass is 10.2. The van der Waals surface area contributed by atoms with E-state index in [9.17, 15) is 8.42 Å². The van der Waals surface area contributed by atoms with Crippen LogP contribution in [0.3, 0.4) is 0 Å². The van der Waals surface area contributed by atoms with Crippen molar-refractivity contribution in [2.75, 3.05) is 0 Å². The molecule has 0 N–H and O–H groups in total. The predicted molar refractivity (Wildman–Crippen MR) is 66.2 cm³/mol. The molecule has 0 aromatic carbocycles. The number of hydrogen-bond acceptors (Lipinski definition) is 2. The van der Waals surface area contributed by atoms with E-state index in [0.717, 1.165) is 38.5 Å². The topological polar surface area (TPSA) is 34.1 Å². The van der Waals surface area contributed by atoms with E-state index in [1.54, 1.807) is 12.2 Å². The Hall–Kier alpha value is -0.570. The molecule has 2 nitrogen and oxygen atoms in total. The van der Waals surface area contributed by atoms with Crippen LogP contribution >= 0.6 is 0 Å². The maximum atomic E-state index is 11.4. The monoisotopic (exact) mass is 230 g/mol. The summed E-state index contributed by atoms with van der Waals surface area (Å²) >= 11 is 0. The van der Waals surface area contributed by atoms with Crippen LogP contribution in [0.2, 0.25) is 0 Å². The molecule has 0 aliphatic carbocycles. The highest BCUT2D eigenvalue weighted by Gasteiger charge is 1.97. The summed E-state index contributed by atoms with van der Waals surface area (Å²) in [6, 6.07) is 0. The van der Waals surface area contributed by atoms with Gasteiger partial charge >= 0.3 is 0 Å². The second kappa shape index (κ2) is 8.72. The molecule has 0 aliphatic rings. The molecule has 0 aromatic heterocycles. The number of rotatable bonds is 8. The Labute approximate surface area is 94.0 Å². The minimum atomic E-state index is -3.10.